The third-order valence-corrected chi connectivity index (χ3v) is 3.94. The van der Waals surface area contributed by atoms with Gasteiger partial charge in [-0.3, -0.25) is 0 Å². The van der Waals surface area contributed by atoms with E-state index in [0.29, 0.717) is 0 Å². The van der Waals surface area contributed by atoms with Crippen molar-refractivity contribution >= 4 is 27.3 Å². The van der Waals surface area contributed by atoms with Crippen LogP contribution >= 0.6 is 15.9 Å². The maximum Gasteiger partial charge on any atom is 0.0579 e. The maximum atomic E-state index is 6.05. The molecule has 0 aliphatic rings. The van der Waals surface area contributed by atoms with Crippen LogP contribution in [-0.4, -0.2) is 0 Å². The molecule has 0 aromatic heterocycles. The van der Waals surface area contributed by atoms with Crippen LogP contribution in [0.2, 0.25) is 0 Å². The summed E-state index contributed by atoms with van der Waals surface area (Å²) in [7, 11) is 0. The van der Waals surface area contributed by atoms with Gasteiger partial charge in [0.1, 0.15) is 0 Å². The van der Waals surface area contributed by atoms with Crippen LogP contribution in [-0.2, 0) is 6.54 Å². The largest absolute Gasteiger partial charge is 0.397 e. The lowest BCUT2D eigenvalue weighted by Crippen LogP contribution is -2.04. The van der Waals surface area contributed by atoms with Crippen molar-refractivity contribution in [3.8, 4) is 0 Å². The smallest absolute Gasteiger partial charge is 0.0579 e. The molecule has 3 N–H and O–H groups in total. The number of anilines is 2. The summed E-state index contributed by atoms with van der Waals surface area (Å²) in [6, 6.07) is 10.4. The van der Waals surface area contributed by atoms with Crippen LogP contribution in [0.25, 0.3) is 0 Å². The van der Waals surface area contributed by atoms with Crippen molar-refractivity contribution in [2.24, 2.45) is 0 Å². The molecular weight excluding hydrogens is 300 g/mol. The van der Waals surface area contributed by atoms with E-state index in [1.165, 1.54) is 22.3 Å². The first-order chi connectivity index (χ1) is 8.97. The SMILES string of the molecule is Cc1cc(N)c(NCc2cc(Br)ccc2C)cc1C. The minimum absolute atomic E-state index is 0.776. The molecule has 2 aromatic rings. The number of aryl methyl sites for hydroxylation is 3. The third-order valence-electron chi connectivity index (χ3n) is 3.45. The lowest BCUT2D eigenvalue weighted by atomic mass is 10.1. The number of benzene rings is 2. The molecule has 0 unspecified atom stereocenters. The van der Waals surface area contributed by atoms with E-state index in [-0.39, 0.29) is 0 Å². The van der Waals surface area contributed by atoms with E-state index in [9.17, 15) is 0 Å². The Morgan fingerprint density at radius 1 is 1.00 bits per heavy atom. The van der Waals surface area contributed by atoms with E-state index in [4.69, 9.17) is 5.73 Å². The van der Waals surface area contributed by atoms with Gasteiger partial charge in [0.05, 0.1) is 11.4 Å². The highest BCUT2D eigenvalue weighted by atomic mass is 79.9. The zero-order valence-electron chi connectivity index (χ0n) is 11.5. The molecule has 0 heterocycles. The van der Waals surface area contributed by atoms with Crippen molar-refractivity contribution < 1.29 is 0 Å². The van der Waals surface area contributed by atoms with Gasteiger partial charge in [-0.05, 0) is 67.3 Å². The first-order valence-electron chi connectivity index (χ1n) is 6.33. The second-order valence-corrected chi connectivity index (χ2v) is 5.86. The van der Waals surface area contributed by atoms with Crippen molar-refractivity contribution in [2.75, 3.05) is 11.1 Å². The fourth-order valence-electron chi connectivity index (χ4n) is 2.01. The van der Waals surface area contributed by atoms with Gasteiger partial charge >= 0.3 is 0 Å². The summed E-state index contributed by atoms with van der Waals surface area (Å²) >= 11 is 3.51. The highest BCUT2D eigenvalue weighted by Gasteiger charge is 2.04. The predicted octanol–water partition coefficient (Wildman–Crippen LogP) is 4.57. The van der Waals surface area contributed by atoms with E-state index in [0.717, 1.165) is 22.4 Å². The molecule has 0 fully saturated rings. The molecule has 3 heteroatoms. The molecule has 0 spiro atoms. The molecule has 0 aliphatic carbocycles. The van der Waals surface area contributed by atoms with Gasteiger partial charge in [0.15, 0.2) is 0 Å². The highest BCUT2D eigenvalue weighted by molar-refractivity contribution is 9.10. The molecule has 0 saturated carbocycles. The van der Waals surface area contributed by atoms with E-state index >= 15 is 0 Å². The van der Waals surface area contributed by atoms with Crippen LogP contribution in [0.15, 0.2) is 34.8 Å². The highest BCUT2D eigenvalue weighted by Crippen LogP contribution is 2.24. The van der Waals surface area contributed by atoms with Gasteiger partial charge in [0, 0.05) is 11.0 Å². The number of rotatable bonds is 3. The first kappa shape index (κ1) is 13.9. The molecule has 0 aliphatic heterocycles. The second kappa shape index (κ2) is 5.66. The predicted molar refractivity (Wildman–Crippen MR) is 86.5 cm³/mol. The second-order valence-electron chi connectivity index (χ2n) is 4.95. The molecule has 0 saturated heterocycles. The van der Waals surface area contributed by atoms with E-state index in [1.807, 2.05) is 6.07 Å². The number of nitrogen functional groups attached to an aromatic ring is 1. The molecule has 0 radical (unpaired) electrons. The van der Waals surface area contributed by atoms with E-state index in [1.54, 1.807) is 0 Å². The van der Waals surface area contributed by atoms with Gasteiger partial charge < -0.3 is 11.1 Å². The zero-order chi connectivity index (χ0) is 14.0. The van der Waals surface area contributed by atoms with E-state index < -0.39 is 0 Å². The number of halogens is 1. The summed E-state index contributed by atoms with van der Waals surface area (Å²) in [4.78, 5) is 0. The lowest BCUT2D eigenvalue weighted by Gasteiger charge is -2.13. The normalized spacial score (nSPS) is 10.5. The Labute approximate surface area is 123 Å². The monoisotopic (exact) mass is 318 g/mol. The molecule has 2 rings (SSSR count). The standard InChI is InChI=1S/C16H19BrN2/c1-10-4-5-14(17)8-13(10)9-19-16-7-12(3)11(2)6-15(16)18/h4-8,19H,9,18H2,1-3H3. The molecule has 0 atom stereocenters. The molecule has 0 bridgehead atoms. The van der Waals surface area contributed by atoms with Crippen LogP contribution < -0.4 is 11.1 Å². The lowest BCUT2D eigenvalue weighted by molar-refractivity contribution is 1.11. The Bertz CT molecular complexity index is 606. The Hall–Kier alpha value is -1.48. The Morgan fingerprint density at radius 3 is 2.42 bits per heavy atom. The molecule has 2 nitrogen and oxygen atoms in total. The van der Waals surface area contributed by atoms with Gasteiger partial charge in [0.2, 0.25) is 0 Å². The van der Waals surface area contributed by atoms with Gasteiger partial charge in [0.25, 0.3) is 0 Å². The topological polar surface area (TPSA) is 38.0 Å². The third kappa shape index (κ3) is 3.29. The number of nitrogens with one attached hydrogen (secondary N) is 1. The average molecular weight is 319 g/mol. The fourth-order valence-corrected chi connectivity index (χ4v) is 2.42. The minimum atomic E-state index is 0.776. The number of hydrogen-bond donors (Lipinski definition) is 2. The van der Waals surface area contributed by atoms with E-state index in [2.05, 4.69) is 66.3 Å². The van der Waals surface area contributed by atoms with Crippen LogP contribution in [0.4, 0.5) is 11.4 Å². The van der Waals surface area contributed by atoms with Crippen LogP contribution in [0.5, 0.6) is 0 Å². The Morgan fingerprint density at radius 2 is 1.68 bits per heavy atom. The molecule has 0 amide bonds. The van der Waals surface area contributed by atoms with Gasteiger partial charge in [-0.25, -0.2) is 0 Å². The zero-order valence-corrected chi connectivity index (χ0v) is 13.1. The molecule has 19 heavy (non-hydrogen) atoms. The van der Waals surface area contributed by atoms with Crippen molar-refractivity contribution in [1.82, 2.24) is 0 Å². The van der Waals surface area contributed by atoms with Crippen molar-refractivity contribution in [3.05, 3.63) is 57.1 Å². The fraction of sp³-hybridized carbons (Fsp3) is 0.250. The van der Waals surface area contributed by atoms with Crippen LogP contribution in [0.3, 0.4) is 0 Å². The summed E-state index contributed by atoms with van der Waals surface area (Å²) < 4.78 is 1.10. The summed E-state index contributed by atoms with van der Waals surface area (Å²) in [5.74, 6) is 0. The average Bonchev–Trinajstić information content (AvgIpc) is 2.36. The number of hydrogen-bond acceptors (Lipinski definition) is 2. The quantitative estimate of drug-likeness (QED) is 0.813. The summed E-state index contributed by atoms with van der Waals surface area (Å²) in [6.45, 7) is 7.07. The first-order valence-corrected chi connectivity index (χ1v) is 7.12. The number of nitrogens with two attached hydrogens (primary N) is 1. The van der Waals surface area contributed by atoms with Crippen molar-refractivity contribution in [3.63, 3.8) is 0 Å². The minimum Gasteiger partial charge on any atom is -0.397 e. The summed E-state index contributed by atoms with van der Waals surface area (Å²) in [5.41, 5.74) is 12.9. The molecule has 100 valence electrons. The van der Waals surface area contributed by atoms with Crippen molar-refractivity contribution in [1.29, 1.82) is 0 Å². The molecule has 2 aromatic carbocycles. The van der Waals surface area contributed by atoms with Gasteiger partial charge in [-0.15, -0.1) is 0 Å². The summed E-state index contributed by atoms with van der Waals surface area (Å²) in [6.07, 6.45) is 0. The van der Waals surface area contributed by atoms with Crippen LogP contribution in [0, 0.1) is 20.8 Å². The maximum absolute atomic E-state index is 6.05. The van der Waals surface area contributed by atoms with Crippen LogP contribution in [0.1, 0.15) is 22.3 Å². The van der Waals surface area contributed by atoms with Gasteiger partial charge in [-0.1, -0.05) is 22.0 Å². The molecular formula is C16H19BrN2. The Balaban J connectivity index is 2.19. The van der Waals surface area contributed by atoms with Crippen molar-refractivity contribution in [2.45, 2.75) is 27.3 Å². The Kier molecular flexibility index (Phi) is 4.15. The summed E-state index contributed by atoms with van der Waals surface area (Å²) in [5, 5.41) is 3.42. The van der Waals surface area contributed by atoms with Gasteiger partial charge in [-0.2, -0.15) is 0 Å².